The number of alkyl halides is 3. The monoisotopic (exact) mass is 342 g/mol. The number of hydrogen-bond acceptors (Lipinski definition) is 3. The predicted molar refractivity (Wildman–Crippen MR) is 75.7 cm³/mol. The van der Waals surface area contributed by atoms with E-state index in [-0.39, 0.29) is 11.9 Å². The topological polar surface area (TPSA) is 46.3 Å². The number of aromatic nitrogens is 1. The minimum Gasteiger partial charge on any atom is -0.350 e. The Hall–Kier alpha value is -2.38. The minimum absolute atomic E-state index is 0.164. The lowest BCUT2D eigenvalue weighted by Gasteiger charge is -2.23. The molecule has 1 aromatic carbocycles. The smallest absolute Gasteiger partial charge is 0.350 e. The van der Waals surface area contributed by atoms with Crippen molar-refractivity contribution < 1.29 is 26.9 Å². The van der Waals surface area contributed by atoms with Gasteiger partial charge in [-0.2, -0.15) is 13.2 Å². The zero-order valence-electron chi connectivity index (χ0n) is 12.5. The van der Waals surface area contributed by atoms with E-state index in [1.807, 2.05) is 0 Å². The van der Waals surface area contributed by atoms with Crippen LogP contribution < -0.4 is 0 Å². The first-order valence-electron chi connectivity index (χ1n) is 7.44. The molecule has 128 valence electrons. The van der Waals surface area contributed by atoms with Crippen molar-refractivity contribution in [1.82, 2.24) is 10.1 Å². The number of likely N-dealkylation sites (tertiary alicyclic amines) is 1. The van der Waals surface area contributed by atoms with Crippen LogP contribution in [0.1, 0.15) is 34.7 Å². The van der Waals surface area contributed by atoms with Crippen LogP contribution in [0.5, 0.6) is 0 Å². The molecule has 8 heteroatoms. The SMILES string of the molecule is O=C(c1cc(C(F)(F)F)no1)N1CCCC1Cc1ccc(F)cc1. The highest BCUT2D eigenvalue weighted by molar-refractivity contribution is 5.92. The van der Waals surface area contributed by atoms with Crippen LogP contribution in [0.25, 0.3) is 0 Å². The highest BCUT2D eigenvalue weighted by Gasteiger charge is 2.38. The van der Waals surface area contributed by atoms with Crippen LogP contribution in [-0.2, 0) is 12.6 Å². The minimum atomic E-state index is -4.65. The molecule has 0 spiro atoms. The Morgan fingerprint density at radius 3 is 2.62 bits per heavy atom. The Bertz CT molecular complexity index is 724. The molecular weight excluding hydrogens is 328 g/mol. The van der Waals surface area contributed by atoms with Gasteiger partial charge >= 0.3 is 6.18 Å². The van der Waals surface area contributed by atoms with Gasteiger partial charge < -0.3 is 9.42 Å². The van der Waals surface area contributed by atoms with Crippen molar-refractivity contribution in [1.29, 1.82) is 0 Å². The van der Waals surface area contributed by atoms with Crippen LogP contribution in [0.15, 0.2) is 34.9 Å². The molecule has 1 unspecified atom stereocenters. The quantitative estimate of drug-likeness (QED) is 0.800. The van der Waals surface area contributed by atoms with E-state index in [1.165, 1.54) is 17.0 Å². The summed E-state index contributed by atoms with van der Waals surface area (Å²) < 4.78 is 55.2. The lowest BCUT2D eigenvalue weighted by molar-refractivity contribution is -0.142. The summed E-state index contributed by atoms with van der Waals surface area (Å²) in [6, 6.07) is 6.39. The Kier molecular flexibility index (Phi) is 4.29. The van der Waals surface area contributed by atoms with Crippen molar-refractivity contribution in [2.24, 2.45) is 0 Å². The summed E-state index contributed by atoms with van der Waals surface area (Å²) in [5.41, 5.74) is -0.366. The van der Waals surface area contributed by atoms with Crippen molar-refractivity contribution in [3.63, 3.8) is 0 Å². The molecule has 1 aromatic heterocycles. The van der Waals surface area contributed by atoms with Gasteiger partial charge in [0.15, 0.2) is 5.69 Å². The zero-order chi connectivity index (χ0) is 17.3. The second-order valence-electron chi connectivity index (χ2n) is 5.70. The molecule has 0 N–H and O–H groups in total. The van der Waals surface area contributed by atoms with E-state index in [0.717, 1.165) is 18.4 Å². The molecule has 24 heavy (non-hydrogen) atoms. The molecule has 0 saturated carbocycles. The van der Waals surface area contributed by atoms with Gasteiger partial charge in [0.2, 0.25) is 5.76 Å². The molecule has 1 aliphatic rings. The summed E-state index contributed by atoms with van der Waals surface area (Å²) >= 11 is 0. The van der Waals surface area contributed by atoms with E-state index in [4.69, 9.17) is 0 Å². The highest BCUT2D eigenvalue weighted by atomic mass is 19.4. The number of halogens is 4. The molecule has 1 saturated heterocycles. The number of benzene rings is 1. The Balaban J connectivity index is 1.73. The average molecular weight is 342 g/mol. The van der Waals surface area contributed by atoms with Crippen LogP contribution in [0, 0.1) is 5.82 Å². The van der Waals surface area contributed by atoms with Crippen LogP contribution in [-0.4, -0.2) is 28.6 Å². The van der Waals surface area contributed by atoms with Gasteiger partial charge in [0.05, 0.1) is 0 Å². The van der Waals surface area contributed by atoms with Crippen molar-refractivity contribution in [3.8, 4) is 0 Å². The fraction of sp³-hybridized carbons (Fsp3) is 0.375. The zero-order valence-corrected chi connectivity index (χ0v) is 12.5. The third kappa shape index (κ3) is 3.42. The second-order valence-corrected chi connectivity index (χ2v) is 5.70. The van der Waals surface area contributed by atoms with E-state index in [1.54, 1.807) is 12.1 Å². The largest absolute Gasteiger partial charge is 0.436 e. The number of amides is 1. The molecular formula is C16H14F4N2O2. The molecule has 1 atom stereocenters. The fourth-order valence-electron chi connectivity index (χ4n) is 2.86. The molecule has 1 amide bonds. The van der Waals surface area contributed by atoms with Gasteiger partial charge in [0.25, 0.3) is 5.91 Å². The van der Waals surface area contributed by atoms with Gasteiger partial charge in [-0.05, 0) is 37.0 Å². The van der Waals surface area contributed by atoms with Gasteiger partial charge in [-0.1, -0.05) is 17.3 Å². The maximum atomic E-state index is 12.9. The third-order valence-electron chi connectivity index (χ3n) is 4.03. The Labute approximate surface area is 135 Å². The molecule has 1 fully saturated rings. The number of nitrogens with zero attached hydrogens (tertiary/aromatic N) is 2. The first kappa shape index (κ1) is 16.5. The third-order valence-corrected chi connectivity index (χ3v) is 4.03. The molecule has 4 nitrogen and oxygen atoms in total. The average Bonchev–Trinajstić information content (AvgIpc) is 3.17. The summed E-state index contributed by atoms with van der Waals surface area (Å²) in [5.74, 6) is -1.38. The summed E-state index contributed by atoms with van der Waals surface area (Å²) in [4.78, 5) is 13.9. The molecule has 0 bridgehead atoms. The van der Waals surface area contributed by atoms with Crippen LogP contribution in [0.2, 0.25) is 0 Å². The first-order valence-corrected chi connectivity index (χ1v) is 7.44. The van der Waals surface area contributed by atoms with Crippen molar-refractivity contribution in [2.75, 3.05) is 6.54 Å². The van der Waals surface area contributed by atoms with Gasteiger partial charge in [-0.25, -0.2) is 4.39 Å². The molecule has 2 aromatic rings. The van der Waals surface area contributed by atoms with E-state index in [9.17, 15) is 22.4 Å². The molecule has 0 radical (unpaired) electrons. The lowest BCUT2D eigenvalue weighted by atomic mass is 10.0. The Morgan fingerprint density at radius 1 is 1.29 bits per heavy atom. The highest BCUT2D eigenvalue weighted by Crippen LogP contribution is 2.30. The van der Waals surface area contributed by atoms with E-state index in [2.05, 4.69) is 9.68 Å². The first-order chi connectivity index (χ1) is 11.3. The van der Waals surface area contributed by atoms with E-state index >= 15 is 0 Å². The van der Waals surface area contributed by atoms with Crippen LogP contribution in [0.3, 0.4) is 0 Å². The summed E-state index contributed by atoms with van der Waals surface area (Å²) in [5, 5.41) is 2.91. The molecule has 2 heterocycles. The summed E-state index contributed by atoms with van der Waals surface area (Å²) in [7, 11) is 0. The van der Waals surface area contributed by atoms with E-state index in [0.29, 0.717) is 19.0 Å². The fourth-order valence-corrected chi connectivity index (χ4v) is 2.86. The van der Waals surface area contributed by atoms with Crippen LogP contribution >= 0.6 is 0 Å². The second kappa shape index (κ2) is 6.26. The predicted octanol–water partition coefficient (Wildman–Crippen LogP) is 3.68. The molecule has 0 aliphatic carbocycles. The van der Waals surface area contributed by atoms with Gasteiger partial charge in [0.1, 0.15) is 5.82 Å². The standard InChI is InChI=1S/C16H14F4N2O2/c17-11-5-3-10(4-6-11)8-12-2-1-7-22(12)15(23)13-9-14(21-24-13)16(18,19)20/h3-6,9,12H,1-2,7-8H2. The normalized spacial score (nSPS) is 18.2. The Morgan fingerprint density at radius 2 is 2.00 bits per heavy atom. The van der Waals surface area contributed by atoms with Crippen LogP contribution in [0.4, 0.5) is 17.6 Å². The molecule has 3 rings (SSSR count). The summed E-state index contributed by atoms with van der Waals surface area (Å²) in [6.45, 7) is 0.437. The number of hydrogen-bond donors (Lipinski definition) is 0. The van der Waals surface area contributed by atoms with E-state index < -0.39 is 23.5 Å². The molecule has 1 aliphatic heterocycles. The van der Waals surface area contributed by atoms with Crippen molar-refractivity contribution in [2.45, 2.75) is 31.5 Å². The number of rotatable bonds is 3. The summed E-state index contributed by atoms with van der Waals surface area (Å²) in [6.07, 6.45) is -2.67. The van der Waals surface area contributed by atoms with Crippen molar-refractivity contribution in [3.05, 3.63) is 53.2 Å². The number of carbonyl (C=O) groups is 1. The lowest BCUT2D eigenvalue weighted by Crippen LogP contribution is -2.36. The van der Waals surface area contributed by atoms with Gasteiger partial charge in [-0.3, -0.25) is 4.79 Å². The maximum Gasteiger partial charge on any atom is 0.436 e. The maximum absolute atomic E-state index is 12.9. The van der Waals surface area contributed by atoms with Gasteiger partial charge in [-0.15, -0.1) is 0 Å². The van der Waals surface area contributed by atoms with Gasteiger partial charge in [0, 0.05) is 18.7 Å². The number of carbonyl (C=O) groups excluding carboxylic acids is 1. The van der Waals surface area contributed by atoms with Crippen molar-refractivity contribution >= 4 is 5.91 Å².